The van der Waals surface area contributed by atoms with E-state index >= 15 is 0 Å². The lowest BCUT2D eigenvalue weighted by molar-refractivity contribution is -0.336. The Hall–Kier alpha value is -0.360. The molecule has 0 spiro atoms. The lowest BCUT2D eigenvalue weighted by atomic mass is 9.94. The summed E-state index contributed by atoms with van der Waals surface area (Å²) in [6.07, 6.45) is -9.71. The molecule has 2 saturated heterocycles. The molecule has 9 heteroatoms. The van der Waals surface area contributed by atoms with E-state index in [-0.39, 0.29) is 6.54 Å². The number of aliphatic hydroxyl groups is 4. The van der Waals surface area contributed by atoms with Crippen LogP contribution >= 0.6 is 0 Å². The molecule has 6 N–H and O–H groups in total. The van der Waals surface area contributed by atoms with E-state index in [0.29, 0.717) is 0 Å². The molecule has 0 bridgehead atoms. The van der Waals surface area contributed by atoms with Crippen molar-refractivity contribution < 1.29 is 39.4 Å². The van der Waals surface area contributed by atoms with Gasteiger partial charge in [-0.25, -0.2) is 0 Å². The third-order valence-corrected chi connectivity index (χ3v) is 4.50. The molecule has 2 fully saturated rings. The highest BCUT2D eigenvalue weighted by atomic mass is 16.7. The number of methoxy groups -OCH3 is 1. The van der Waals surface area contributed by atoms with Crippen LogP contribution in [0.25, 0.3) is 0 Å². The molecule has 0 aliphatic carbocycles. The van der Waals surface area contributed by atoms with Crippen molar-refractivity contribution in [3.05, 3.63) is 0 Å². The average Bonchev–Trinajstić information content (AvgIpc) is 2.52. The highest BCUT2D eigenvalue weighted by Crippen LogP contribution is 2.29. The number of rotatable bonds is 4. The second kappa shape index (κ2) is 7.68. The van der Waals surface area contributed by atoms with E-state index in [4.69, 9.17) is 24.7 Å². The maximum Gasteiger partial charge on any atom is 0.187 e. The molecule has 0 radical (unpaired) electrons. The summed E-state index contributed by atoms with van der Waals surface area (Å²) in [6, 6.07) is 0. The number of aliphatic hydroxyl groups excluding tert-OH is 4. The fourth-order valence-corrected chi connectivity index (χ4v) is 3.08. The molecule has 2 aliphatic rings. The first-order chi connectivity index (χ1) is 10.8. The Labute approximate surface area is 134 Å². The molecule has 0 aromatic rings. The summed E-state index contributed by atoms with van der Waals surface area (Å²) in [6.45, 7) is 3.35. The number of hydrogen-bond acceptors (Lipinski definition) is 9. The van der Waals surface area contributed by atoms with E-state index in [2.05, 4.69) is 0 Å². The summed E-state index contributed by atoms with van der Waals surface area (Å²) in [5, 5.41) is 40.4. The van der Waals surface area contributed by atoms with E-state index in [0.717, 1.165) is 0 Å². The largest absolute Gasteiger partial charge is 0.388 e. The van der Waals surface area contributed by atoms with Crippen LogP contribution in [0.3, 0.4) is 0 Å². The van der Waals surface area contributed by atoms with Crippen LogP contribution in [0.15, 0.2) is 0 Å². The third-order valence-electron chi connectivity index (χ3n) is 4.50. The lowest BCUT2D eigenvalue weighted by Crippen LogP contribution is -2.64. The van der Waals surface area contributed by atoms with Crippen LogP contribution in [0.2, 0.25) is 0 Å². The Kier molecular flexibility index (Phi) is 6.34. The zero-order valence-electron chi connectivity index (χ0n) is 13.5. The molecule has 23 heavy (non-hydrogen) atoms. The first-order valence-corrected chi connectivity index (χ1v) is 7.73. The maximum atomic E-state index is 10.2. The van der Waals surface area contributed by atoms with Gasteiger partial charge in [0.1, 0.15) is 36.6 Å². The Balaban J connectivity index is 2.10. The second-order valence-electron chi connectivity index (χ2n) is 6.09. The minimum absolute atomic E-state index is 0.0560. The summed E-state index contributed by atoms with van der Waals surface area (Å²) in [5.74, 6) is 0. The van der Waals surface area contributed by atoms with Crippen molar-refractivity contribution in [3.8, 4) is 0 Å². The smallest absolute Gasteiger partial charge is 0.187 e. The molecule has 0 saturated carbocycles. The molecule has 9 nitrogen and oxygen atoms in total. The molecule has 2 aliphatic heterocycles. The highest BCUT2D eigenvalue weighted by Gasteiger charge is 2.49. The topological polar surface area (TPSA) is 144 Å². The molecular weight excluding hydrogens is 310 g/mol. The Morgan fingerprint density at radius 1 is 0.870 bits per heavy atom. The Morgan fingerprint density at radius 3 is 2.04 bits per heavy atom. The van der Waals surface area contributed by atoms with Gasteiger partial charge in [-0.15, -0.1) is 0 Å². The van der Waals surface area contributed by atoms with Gasteiger partial charge < -0.3 is 45.1 Å². The van der Waals surface area contributed by atoms with E-state index < -0.39 is 61.2 Å². The van der Waals surface area contributed by atoms with Gasteiger partial charge >= 0.3 is 0 Å². The molecule has 0 aromatic carbocycles. The predicted molar refractivity (Wildman–Crippen MR) is 77.4 cm³/mol. The van der Waals surface area contributed by atoms with Crippen LogP contribution in [0.1, 0.15) is 13.8 Å². The van der Waals surface area contributed by atoms with E-state index in [9.17, 15) is 20.4 Å². The minimum atomic E-state index is -1.38. The predicted octanol–water partition coefficient (Wildman–Crippen LogP) is -2.68. The number of ether oxygens (including phenoxy) is 4. The maximum absolute atomic E-state index is 10.2. The molecule has 0 aromatic heterocycles. The zero-order valence-corrected chi connectivity index (χ0v) is 13.5. The molecule has 2 rings (SSSR count). The third kappa shape index (κ3) is 3.68. The molecule has 136 valence electrons. The van der Waals surface area contributed by atoms with E-state index in [1.54, 1.807) is 13.8 Å². The van der Waals surface area contributed by atoms with Crippen LogP contribution in [-0.2, 0) is 18.9 Å². The van der Waals surface area contributed by atoms with Crippen molar-refractivity contribution >= 4 is 0 Å². The van der Waals surface area contributed by atoms with E-state index in [1.807, 2.05) is 0 Å². The van der Waals surface area contributed by atoms with Gasteiger partial charge in [0, 0.05) is 13.7 Å². The molecule has 10 atom stereocenters. The van der Waals surface area contributed by atoms with Gasteiger partial charge in [0.25, 0.3) is 0 Å². The summed E-state index contributed by atoms with van der Waals surface area (Å²) in [4.78, 5) is 0. The fraction of sp³-hybridized carbons (Fsp3) is 1.00. The fourth-order valence-electron chi connectivity index (χ4n) is 3.08. The van der Waals surface area contributed by atoms with Crippen LogP contribution in [0, 0.1) is 0 Å². The van der Waals surface area contributed by atoms with Crippen molar-refractivity contribution in [1.82, 2.24) is 0 Å². The minimum Gasteiger partial charge on any atom is -0.388 e. The molecule has 0 unspecified atom stereocenters. The summed E-state index contributed by atoms with van der Waals surface area (Å²) in [7, 11) is 1.41. The summed E-state index contributed by atoms with van der Waals surface area (Å²) in [5.41, 5.74) is 5.63. The van der Waals surface area contributed by atoms with Gasteiger partial charge in [-0.3, -0.25) is 0 Å². The number of nitrogens with two attached hydrogens (primary N) is 1. The van der Waals surface area contributed by atoms with Crippen molar-refractivity contribution in [3.63, 3.8) is 0 Å². The van der Waals surface area contributed by atoms with Gasteiger partial charge in [0.15, 0.2) is 6.29 Å². The Bertz CT molecular complexity index is 384. The second-order valence-corrected chi connectivity index (χ2v) is 6.09. The first kappa shape index (κ1) is 19.0. The molecular formula is C14H27NO8. The first-order valence-electron chi connectivity index (χ1n) is 7.73. The van der Waals surface area contributed by atoms with Crippen LogP contribution in [-0.4, -0.2) is 95.3 Å². The van der Waals surface area contributed by atoms with Gasteiger partial charge in [0.2, 0.25) is 0 Å². The SMILES string of the molecule is CO[C@H]1[C@H](O)[C@@H](O)[C@H](O[C@H]2[C@H](O)[C@@H](O)[C@H](C)O[C@@H]2CN)O[C@@H]1C. The van der Waals surface area contributed by atoms with Crippen molar-refractivity contribution in [1.29, 1.82) is 0 Å². The van der Waals surface area contributed by atoms with Gasteiger partial charge in [-0.2, -0.15) is 0 Å². The van der Waals surface area contributed by atoms with E-state index in [1.165, 1.54) is 7.11 Å². The zero-order chi connectivity index (χ0) is 17.3. The summed E-state index contributed by atoms with van der Waals surface area (Å²) < 4.78 is 21.8. The molecule has 2 heterocycles. The van der Waals surface area contributed by atoms with Crippen molar-refractivity contribution in [2.45, 2.75) is 75.1 Å². The monoisotopic (exact) mass is 337 g/mol. The van der Waals surface area contributed by atoms with Gasteiger partial charge in [0.05, 0.1) is 18.3 Å². The van der Waals surface area contributed by atoms with Gasteiger partial charge in [-0.05, 0) is 13.8 Å². The van der Waals surface area contributed by atoms with Crippen LogP contribution in [0.4, 0.5) is 0 Å². The van der Waals surface area contributed by atoms with Crippen LogP contribution < -0.4 is 5.73 Å². The number of hydrogen-bond donors (Lipinski definition) is 5. The standard InChI is InChI=1S/C14H27NO8/c1-5-8(16)9(17)13(7(4-15)21-5)23-14-11(19)10(18)12(20-3)6(2)22-14/h5-14,16-19H,4,15H2,1-3H3/t5-,6+,7+,8-,9+,10+,11+,12+,13+,14-/m0/s1. The normalized spacial score (nSPS) is 51.7. The summed E-state index contributed by atoms with van der Waals surface area (Å²) >= 11 is 0. The quantitative estimate of drug-likeness (QED) is 0.371. The van der Waals surface area contributed by atoms with Crippen molar-refractivity contribution in [2.24, 2.45) is 5.73 Å². The molecule has 0 amide bonds. The van der Waals surface area contributed by atoms with Crippen molar-refractivity contribution in [2.75, 3.05) is 13.7 Å². The van der Waals surface area contributed by atoms with Gasteiger partial charge in [-0.1, -0.05) is 0 Å². The highest BCUT2D eigenvalue weighted by molar-refractivity contribution is 4.94. The Morgan fingerprint density at radius 2 is 1.48 bits per heavy atom. The van der Waals surface area contributed by atoms with Crippen LogP contribution in [0.5, 0.6) is 0 Å². The lowest BCUT2D eigenvalue weighted by Gasteiger charge is -2.46. The average molecular weight is 337 g/mol.